The summed E-state index contributed by atoms with van der Waals surface area (Å²) >= 11 is 0. The molecule has 0 heterocycles. The van der Waals surface area contributed by atoms with Crippen molar-refractivity contribution in [3.8, 4) is 0 Å². The molecule has 2 heteroatoms. The molecule has 13 heavy (non-hydrogen) atoms. The fourth-order valence-corrected chi connectivity index (χ4v) is 2.19. The minimum atomic E-state index is -0.833. The first-order valence-electron chi connectivity index (χ1n) is 5.34. The van der Waals surface area contributed by atoms with Crippen LogP contribution in [0, 0.1) is 11.8 Å². The van der Waals surface area contributed by atoms with Gasteiger partial charge in [-0.05, 0) is 38.5 Å². The van der Waals surface area contributed by atoms with Crippen LogP contribution in [0.1, 0.15) is 46.5 Å². The average molecular weight is 187 g/mol. The van der Waals surface area contributed by atoms with E-state index in [9.17, 15) is 4.39 Å². The number of hydrogen-bond donors (Lipinski definition) is 1. The molecule has 0 saturated heterocycles. The maximum absolute atomic E-state index is 13.8. The van der Waals surface area contributed by atoms with Gasteiger partial charge in [0.25, 0.3) is 0 Å². The van der Waals surface area contributed by atoms with Crippen LogP contribution >= 0.6 is 0 Å². The SMILES string of the molecule is CC1CCC(C(F)C(C)(C)N)CC1. The molecule has 0 aromatic carbocycles. The molecule has 0 radical (unpaired) electrons. The zero-order valence-electron chi connectivity index (χ0n) is 9.02. The Bertz CT molecular complexity index is 154. The molecule has 1 aliphatic rings. The van der Waals surface area contributed by atoms with Crippen LogP contribution in [0.4, 0.5) is 4.39 Å². The predicted molar refractivity (Wildman–Crippen MR) is 54.3 cm³/mol. The minimum absolute atomic E-state index is 0.205. The highest BCUT2D eigenvalue weighted by molar-refractivity contribution is 4.89. The molecule has 1 unspecified atom stereocenters. The molecule has 1 nitrogen and oxygen atoms in total. The maximum Gasteiger partial charge on any atom is 0.120 e. The highest BCUT2D eigenvalue weighted by atomic mass is 19.1. The first-order valence-corrected chi connectivity index (χ1v) is 5.34. The van der Waals surface area contributed by atoms with Gasteiger partial charge in [0.2, 0.25) is 0 Å². The van der Waals surface area contributed by atoms with Crippen molar-refractivity contribution in [2.45, 2.75) is 58.2 Å². The molecular weight excluding hydrogens is 165 g/mol. The van der Waals surface area contributed by atoms with Crippen LogP contribution in [-0.4, -0.2) is 11.7 Å². The summed E-state index contributed by atoms with van der Waals surface area (Å²) in [4.78, 5) is 0. The van der Waals surface area contributed by atoms with Gasteiger partial charge in [0.05, 0.1) is 0 Å². The smallest absolute Gasteiger partial charge is 0.120 e. The van der Waals surface area contributed by atoms with E-state index in [0.29, 0.717) is 0 Å². The number of rotatable bonds is 2. The molecule has 0 amide bonds. The van der Waals surface area contributed by atoms with E-state index in [0.717, 1.165) is 18.8 Å². The van der Waals surface area contributed by atoms with E-state index in [1.54, 1.807) is 13.8 Å². The van der Waals surface area contributed by atoms with Crippen molar-refractivity contribution in [3.05, 3.63) is 0 Å². The molecule has 78 valence electrons. The van der Waals surface area contributed by atoms with Crippen LogP contribution in [0.25, 0.3) is 0 Å². The van der Waals surface area contributed by atoms with Crippen molar-refractivity contribution < 1.29 is 4.39 Å². The third-order valence-electron chi connectivity index (χ3n) is 3.19. The summed E-state index contributed by atoms with van der Waals surface area (Å²) in [5.41, 5.74) is 5.11. The van der Waals surface area contributed by atoms with Crippen LogP contribution in [0.15, 0.2) is 0 Å². The number of alkyl halides is 1. The van der Waals surface area contributed by atoms with Crippen molar-refractivity contribution in [2.24, 2.45) is 17.6 Å². The average Bonchev–Trinajstić information content (AvgIpc) is 2.03. The third-order valence-corrected chi connectivity index (χ3v) is 3.19. The van der Waals surface area contributed by atoms with Gasteiger partial charge in [-0.3, -0.25) is 0 Å². The monoisotopic (exact) mass is 187 g/mol. The summed E-state index contributed by atoms with van der Waals surface area (Å²) in [7, 11) is 0. The van der Waals surface area contributed by atoms with E-state index in [1.807, 2.05) is 0 Å². The van der Waals surface area contributed by atoms with Crippen molar-refractivity contribution >= 4 is 0 Å². The number of hydrogen-bond acceptors (Lipinski definition) is 1. The molecule has 1 aliphatic carbocycles. The minimum Gasteiger partial charge on any atom is -0.323 e. The van der Waals surface area contributed by atoms with Crippen LogP contribution in [-0.2, 0) is 0 Å². The summed E-state index contributed by atoms with van der Waals surface area (Å²) in [5.74, 6) is 0.987. The summed E-state index contributed by atoms with van der Waals surface area (Å²) in [6.45, 7) is 5.82. The van der Waals surface area contributed by atoms with Crippen molar-refractivity contribution in [2.75, 3.05) is 0 Å². The third kappa shape index (κ3) is 2.94. The Labute approximate surface area is 80.9 Å². The Kier molecular flexibility index (Phi) is 3.33. The largest absolute Gasteiger partial charge is 0.323 e. The molecule has 1 atom stereocenters. The Morgan fingerprint density at radius 3 is 2.08 bits per heavy atom. The Balaban J connectivity index is 2.45. The van der Waals surface area contributed by atoms with E-state index in [2.05, 4.69) is 6.92 Å². The van der Waals surface area contributed by atoms with Gasteiger partial charge in [0.1, 0.15) is 6.17 Å². The normalized spacial score (nSPS) is 33.0. The molecule has 1 fully saturated rings. The van der Waals surface area contributed by atoms with Gasteiger partial charge >= 0.3 is 0 Å². The van der Waals surface area contributed by atoms with E-state index in [4.69, 9.17) is 5.73 Å². The Morgan fingerprint density at radius 1 is 1.23 bits per heavy atom. The quantitative estimate of drug-likeness (QED) is 0.706. The summed E-state index contributed by atoms with van der Waals surface area (Å²) < 4.78 is 13.8. The molecular formula is C11H22FN. The van der Waals surface area contributed by atoms with Crippen LogP contribution in [0.3, 0.4) is 0 Å². The summed E-state index contributed by atoms with van der Waals surface area (Å²) in [6.07, 6.45) is 3.54. The highest BCUT2D eigenvalue weighted by Gasteiger charge is 2.34. The molecule has 0 aliphatic heterocycles. The van der Waals surface area contributed by atoms with E-state index >= 15 is 0 Å². The van der Waals surface area contributed by atoms with Crippen LogP contribution in [0.5, 0.6) is 0 Å². The molecule has 1 rings (SSSR count). The summed E-state index contributed by atoms with van der Waals surface area (Å²) in [6, 6.07) is 0. The fraction of sp³-hybridized carbons (Fsp3) is 1.00. The first-order chi connectivity index (χ1) is 5.91. The molecule has 0 spiro atoms. The molecule has 0 aromatic heterocycles. The highest BCUT2D eigenvalue weighted by Crippen LogP contribution is 2.34. The lowest BCUT2D eigenvalue weighted by Gasteiger charge is -2.34. The van der Waals surface area contributed by atoms with Gasteiger partial charge in [-0.15, -0.1) is 0 Å². The van der Waals surface area contributed by atoms with Crippen molar-refractivity contribution in [1.82, 2.24) is 0 Å². The Hall–Kier alpha value is -0.110. The van der Waals surface area contributed by atoms with Crippen LogP contribution in [0.2, 0.25) is 0 Å². The topological polar surface area (TPSA) is 26.0 Å². The lowest BCUT2D eigenvalue weighted by molar-refractivity contribution is 0.103. The molecule has 0 aromatic rings. The molecule has 2 N–H and O–H groups in total. The van der Waals surface area contributed by atoms with E-state index in [1.165, 1.54) is 12.8 Å². The van der Waals surface area contributed by atoms with Gasteiger partial charge in [0.15, 0.2) is 0 Å². The second kappa shape index (κ2) is 3.95. The van der Waals surface area contributed by atoms with Gasteiger partial charge in [-0.2, -0.15) is 0 Å². The lowest BCUT2D eigenvalue weighted by atomic mass is 9.76. The van der Waals surface area contributed by atoms with Crippen LogP contribution < -0.4 is 5.73 Å². The van der Waals surface area contributed by atoms with E-state index in [-0.39, 0.29) is 5.92 Å². The molecule has 1 saturated carbocycles. The van der Waals surface area contributed by atoms with Crippen molar-refractivity contribution in [1.29, 1.82) is 0 Å². The van der Waals surface area contributed by atoms with Gasteiger partial charge in [0, 0.05) is 5.54 Å². The van der Waals surface area contributed by atoms with Gasteiger partial charge in [-0.25, -0.2) is 4.39 Å². The number of halogens is 1. The Morgan fingerprint density at radius 2 is 1.69 bits per heavy atom. The van der Waals surface area contributed by atoms with Gasteiger partial charge < -0.3 is 5.73 Å². The maximum atomic E-state index is 13.8. The zero-order chi connectivity index (χ0) is 10.1. The first kappa shape index (κ1) is 11.0. The fourth-order valence-electron chi connectivity index (χ4n) is 2.19. The van der Waals surface area contributed by atoms with E-state index < -0.39 is 11.7 Å². The number of nitrogens with two attached hydrogens (primary N) is 1. The zero-order valence-corrected chi connectivity index (χ0v) is 9.02. The van der Waals surface area contributed by atoms with Gasteiger partial charge in [-0.1, -0.05) is 19.8 Å². The lowest BCUT2D eigenvalue weighted by Crippen LogP contribution is -2.47. The second-order valence-corrected chi connectivity index (χ2v) is 5.24. The van der Waals surface area contributed by atoms with Crippen molar-refractivity contribution in [3.63, 3.8) is 0 Å². The standard InChI is InChI=1S/C11H22FN/c1-8-4-6-9(7-5-8)10(12)11(2,3)13/h8-10H,4-7,13H2,1-3H3. The predicted octanol–water partition coefficient (Wildman–Crippen LogP) is 2.89. The second-order valence-electron chi connectivity index (χ2n) is 5.24. The molecule has 0 bridgehead atoms. The summed E-state index contributed by atoms with van der Waals surface area (Å²) in [5, 5.41) is 0.